The van der Waals surface area contributed by atoms with E-state index in [1.54, 1.807) is 0 Å². The highest BCUT2D eigenvalue weighted by Crippen LogP contribution is 2.42. The summed E-state index contributed by atoms with van der Waals surface area (Å²) in [6, 6.07) is 8.22. The summed E-state index contributed by atoms with van der Waals surface area (Å²) in [4.78, 5) is 0. The van der Waals surface area contributed by atoms with E-state index in [9.17, 15) is 5.11 Å². The lowest BCUT2D eigenvalue weighted by Crippen LogP contribution is -2.61. The van der Waals surface area contributed by atoms with Gasteiger partial charge in [-0.05, 0) is 31.0 Å². The van der Waals surface area contributed by atoms with Crippen molar-refractivity contribution >= 4 is 15.9 Å². The second-order valence-corrected chi connectivity index (χ2v) is 6.95. The lowest BCUT2D eigenvalue weighted by atomic mass is 9.64. The Hall–Kier alpha value is -0.420. The van der Waals surface area contributed by atoms with Crippen LogP contribution in [0.4, 0.5) is 0 Å². The van der Waals surface area contributed by atoms with Crippen LogP contribution in [0.25, 0.3) is 0 Å². The standard InChI is InChI=1S/C16H24BrNO2/c1-4-20-15-9-14(16(15,2)3)18-10-13(19)11-6-5-7-12(17)8-11/h5-8,13-15,18-19H,4,9-10H2,1-3H3. The van der Waals surface area contributed by atoms with Gasteiger partial charge in [-0.2, -0.15) is 0 Å². The Morgan fingerprint density at radius 1 is 1.50 bits per heavy atom. The third-order valence-electron chi connectivity index (χ3n) is 4.34. The van der Waals surface area contributed by atoms with Crippen molar-refractivity contribution in [2.45, 2.75) is 45.4 Å². The van der Waals surface area contributed by atoms with Gasteiger partial charge >= 0.3 is 0 Å². The molecule has 1 aromatic carbocycles. The molecule has 2 rings (SSSR count). The van der Waals surface area contributed by atoms with Gasteiger partial charge in [0.2, 0.25) is 0 Å². The van der Waals surface area contributed by atoms with Crippen molar-refractivity contribution in [2.24, 2.45) is 5.41 Å². The van der Waals surface area contributed by atoms with Crippen molar-refractivity contribution in [1.29, 1.82) is 0 Å². The SMILES string of the molecule is CCOC1CC(NCC(O)c2cccc(Br)c2)C1(C)C. The second-order valence-electron chi connectivity index (χ2n) is 6.03. The van der Waals surface area contributed by atoms with Crippen LogP contribution < -0.4 is 5.32 Å². The molecule has 3 unspecified atom stereocenters. The maximum atomic E-state index is 10.2. The summed E-state index contributed by atoms with van der Waals surface area (Å²) in [6.07, 6.45) is 0.869. The first-order valence-corrected chi connectivity index (χ1v) is 8.03. The summed E-state index contributed by atoms with van der Waals surface area (Å²) < 4.78 is 6.72. The Balaban J connectivity index is 1.84. The lowest BCUT2D eigenvalue weighted by molar-refractivity contribution is -0.115. The maximum Gasteiger partial charge on any atom is 0.0914 e. The summed E-state index contributed by atoms with van der Waals surface area (Å²) in [5, 5.41) is 13.7. The van der Waals surface area contributed by atoms with E-state index in [-0.39, 0.29) is 5.41 Å². The van der Waals surface area contributed by atoms with Crippen molar-refractivity contribution in [1.82, 2.24) is 5.32 Å². The molecule has 0 saturated heterocycles. The smallest absolute Gasteiger partial charge is 0.0914 e. The lowest BCUT2D eigenvalue weighted by Gasteiger charge is -2.52. The minimum Gasteiger partial charge on any atom is -0.387 e. The third-order valence-corrected chi connectivity index (χ3v) is 4.83. The van der Waals surface area contributed by atoms with E-state index in [1.807, 2.05) is 31.2 Å². The van der Waals surface area contributed by atoms with Gasteiger partial charge in [-0.1, -0.05) is 41.9 Å². The van der Waals surface area contributed by atoms with Crippen molar-refractivity contribution in [3.05, 3.63) is 34.3 Å². The van der Waals surface area contributed by atoms with Crippen molar-refractivity contribution in [3.63, 3.8) is 0 Å². The molecule has 112 valence electrons. The summed E-state index contributed by atoms with van der Waals surface area (Å²) in [7, 11) is 0. The molecule has 20 heavy (non-hydrogen) atoms. The van der Waals surface area contributed by atoms with E-state index in [0.29, 0.717) is 18.7 Å². The van der Waals surface area contributed by atoms with Crippen molar-refractivity contribution < 1.29 is 9.84 Å². The molecule has 1 aromatic rings. The van der Waals surface area contributed by atoms with Crippen molar-refractivity contribution in [3.8, 4) is 0 Å². The molecule has 0 heterocycles. The van der Waals surface area contributed by atoms with Gasteiger partial charge < -0.3 is 15.2 Å². The van der Waals surface area contributed by atoms with Gasteiger partial charge in [0.25, 0.3) is 0 Å². The molecule has 0 aliphatic heterocycles. The molecule has 1 fully saturated rings. The summed E-state index contributed by atoms with van der Waals surface area (Å²) in [5.74, 6) is 0. The number of ether oxygens (including phenoxy) is 1. The number of hydrogen-bond acceptors (Lipinski definition) is 3. The van der Waals surface area contributed by atoms with Crippen LogP contribution in [0.3, 0.4) is 0 Å². The highest BCUT2D eigenvalue weighted by atomic mass is 79.9. The molecule has 3 nitrogen and oxygen atoms in total. The molecule has 1 saturated carbocycles. The zero-order chi connectivity index (χ0) is 14.8. The van der Waals surface area contributed by atoms with E-state index < -0.39 is 6.10 Å². The molecule has 0 bridgehead atoms. The van der Waals surface area contributed by atoms with E-state index >= 15 is 0 Å². The number of nitrogens with one attached hydrogen (secondary N) is 1. The molecule has 4 heteroatoms. The average molecular weight is 342 g/mol. The van der Waals surface area contributed by atoms with Gasteiger partial charge in [0.05, 0.1) is 12.2 Å². The van der Waals surface area contributed by atoms with Crippen LogP contribution >= 0.6 is 15.9 Å². The fourth-order valence-corrected chi connectivity index (χ4v) is 3.22. The Labute approximate surface area is 129 Å². The Kier molecular flexibility index (Phi) is 5.24. The molecule has 0 aromatic heterocycles. The van der Waals surface area contributed by atoms with E-state index in [0.717, 1.165) is 23.1 Å². The number of benzene rings is 1. The molecule has 2 N–H and O–H groups in total. The molecule has 1 aliphatic rings. The summed E-state index contributed by atoms with van der Waals surface area (Å²) >= 11 is 3.43. The van der Waals surface area contributed by atoms with Gasteiger partial charge in [0, 0.05) is 29.1 Å². The molecule has 0 spiro atoms. The minimum atomic E-state index is -0.477. The van der Waals surface area contributed by atoms with Crippen LogP contribution in [0.1, 0.15) is 38.9 Å². The second kappa shape index (κ2) is 6.56. The zero-order valence-electron chi connectivity index (χ0n) is 12.4. The number of halogens is 1. The van der Waals surface area contributed by atoms with E-state index in [1.165, 1.54) is 0 Å². The fourth-order valence-electron chi connectivity index (χ4n) is 2.80. The summed E-state index contributed by atoms with van der Waals surface area (Å²) in [6.45, 7) is 7.82. The third kappa shape index (κ3) is 3.42. The topological polar surface area (TPSA) is 41.5 Å². The van der Waals surface area contributed by atoms with Gasteiger partial charge in [-0.3, -0.25) is 0 Å². The number of hydrogen-bond donors (Lipinski definition) is 2. The predicted molar refractivity (Wildman–Crippen MR) is 84.7 cm³/mol. The van der Waals surface area contributed by atoms with Gasteiger partial charge in [0.15, 0.2) is 0 Å². The Morgan fingerprint density at radius 2 is 2.25 bits per heavy atom. The Bertz CT molecular complexity index is 450. The Morgan fingerprint density at radius 3 is 2.85 bits per heavy atom. The normalized spacial score (nSPS) is 26.1. The quantitative estimate of drug-likeness (QED) is 0.834. The first-order valence-electron chi connectivity index (χ1n) is 7.23. The number of aliphatic hydroxyl groups excluding tert-OH is 1. The monoisotopic (exact) mass is 341 g/mol. The molecule has 1 aliphatic carbocycles. The molecular weight excluding hydrogens is 318 g/mol. The largest absolute Gasteiger partial charge is 0.387 e. The predicted octanol–water partition coefficient (Wildman–Crippen LogP) is 3.28. The highest BCUT2D eigenvalue weighted by molar-refractivity contribution is 9.10. The average Bonchev–Trinajstić information content (AvgIpc) is 2.41. The summed E-state index contributed by atoms with van der Waals surface area (Å²) in [5.41, 5.74) is 1.07. The fraction of sp³-hybridized carbons (Fsp3) is 0.625. The van der Waals surface area contributed by atoms with Crippen LogP contribution in [-0.4, -0.2) is 30.4 Å². The van der Waals surface area contributed by atoms with Crippen LogP contribution in [0.5, 0.6) is 0 Å². The molecule has 0 radical (unpaired) electrons. The molecular formula is C16H24BrNO2. The van der Waals surface area contributed by atoms with E-state index in [4.69, 9.17) is 4.74 Å². The molecule has 0 amide bonds. The zero-order valence-corrected chi connectivity index (χ0v) is 14.0. The number of aliphatic hydroxyl groups is 1. The van der Waals surface area contributed by atoms with Gasteiger partial charge in [0.1, 0.15) is 0 Å². The first kappa shape index (κ1) is 16.0. The van der Waals surface area contributed by atoms with Gasteiger partial charge in [-0.15, -0.1) is 0 Å². The van der Waals surface area contributed by atoms with Crippen LogP contribution in [0, 0.1) is 5.41 Å². The van der Waals surface area contributed by atoms with Crippen molar-refractivity contribution in [2.75, 3.05) is 13.2 Å². The van der Waals surface area contributed by atoms with Crippen LogP contribution in [-0.2, 0) is 4.74 Å². The van der Waals surface area contributed by atoms with Crippen LogP contribution in [0.15, 0.2) is 28.7 Å². The first-order chi connectivity index (χ1) is 9.45. The highest BCUT2D eigenvalue weighted by Gasteiger charge is 2.48. The van der Waals surface area contributed by atoms with Crippen LogP contribution in [0.2, 0.25) is 0 Å². The number of rotatable bonds is 6. The maximum absolute atomic E-state index is 10.2. The van der Waals surface area contributed by atoms with E-state index in [2.05, 4.69) is 35.1 Å². The molecule has 3 atom stereocenters. The minimum absolute atomic E-state index is 0.132. The van der Waals surface area contributed by atoms with Gasteiger partial charge in [-0.25, -0.2) is 0 Å².